The van der Waals surface area contributed by atoms with Crippen LogP contribution in [0.25, 0.3) is 5.69 Å². The number of piperazine rings is 2. The molecule has 3 N–H and O–H groups in total. The van der Waals surface area contributed by atoms with E-state index in [1.54, 1.807) is 0 Å². The maximum absolute atomic E-state index is 12.9. The van der Waals surface area contributed by atoms with Crippen LogP contribution in [0.3, 0.4) is 0 Å². The number of rotatable bonds is 7. The van der Waals surface area contributed by atoms with Crippen LogP contribution < -0.4 is 16.0 Å². The Balaban J connectivity index is 1.25. The third kappa shape index (κ3) is 5.62. The topological polar surface area (TPSA) is 77.5 Å². The first kappa shape index (κ1) is 25.6. The molecule has 3 heterocycles. The fourth-order valence-corrected chi connectivity index (χ4v) is 5.63. The van der Waals surface area contributed by atoms with Crippen LogP contribution in [-0.2, 0) is 16.8 Å². The maximum atomic E-state index is 12.9. The molecule has 2 atom stereocenters. The predicted molar refractivity (Wildman–Crippen MR) is 146 cm³/mol. The highest BCUT2D eigenvalue weighted by atomic mass is 16.1. The van der Waals surface area contributed by atoms with Crippen molar-refractivity contribution >= 4 is 5.91 Å². The first-order valence-electron chi connectivity index (χ1n) is 13.3. The lowest BCUT2D eigenvalue weighted by atomic mass is 9.87. The zero-order valence-electron chi connectivity index (χ0n) is 22.2. The van der Waals surface area contributed by atoms with Crippen molar-refractivity contribution in [2.45, 2.75) is 38.9 Å². The largest absolute Gasteiger partial charge is 0.343 e. The average molecular weight is 502 g/mol. The van der Waals surface area contributed by atoms with Crippen LogP contribution in [0.4, 0.5) is 0 Å². The number of carbonyl (C=O) groups excluding carboxylic acids is 1. The summed E-state index contributed by atoms with van der Waals surface area (Å²) >= 11 is 0. The van der Waals surface area contributed by atoms with Gasteiger partial charge in [-0.25, -0.2) is 4.68 Å². The molecule has 0 bridgehead atoms. The molecule has 8 heteroatoms. The molecule has 3 aromatic rings. The van der Waals surface area contributed by atoms with Crippen molar-refractivity contribution in [2.75, 3.05) is 45.9 Å². The Morgan fingerprint density at radius 2 is 1.81 bits per heavy atom. The van der Waals surface area contributed by atoms with Gasteiger partial charge in [0, 0.05) is 45.0 Å². The lowest BCUT2D eigenvalue weighted by Gasteiger charge is -2.53. The summed E-state index contributed by atoms with van der Waals surface area (Å²) in [7, 11) is 0. The van der Waals surface area contributed by atoms with Crippen LogP contribution in [0.5, 0.6) is 0 Å². The van der Waals surface area contributed by atoms with Gasteiger partial charge in [0.1, 0.15) is 0 Å². The third-order valence-electron chi connectivity index (χ3n) is 7.75. The lowest BCUT2D eigenvalue weighted by molar-refractivity contribution is -0.122. The number of nitrogens with zero attached hydrogens (tertiary/aromatic N) is 4. The van der Waals surface area contributed by atoms with E-state index >= 15 is 0 Å². The Morgan fingerprint density at radius 3 is 2.59 bits per heavy atom. The van der Waals surface area contributed by atoms with Gasteiger partial charge < -0.3 is 16.0 Å². The van der Waals surface area contributed by atoms with Crippen molar-refractivity contribution in [3.63, 3.8) is 0 Å². The first-order chi connectivity index (χ1) is 17.9. The van der Waals surface area contributed by atoms with Gasteiger partial charge in [0.2, 0.25) is 5.91 Å². The smallest absolute Gasteiger partial charge is 0.227 e. The third-order valence-corrected chi connectivity index (χ3v) is 7.75. The number of aryl methyl sites for hydroxylation is 2. The zero-order valence-corrected chi connectivity index (χ0v) is 22.2. The van der Waals surface area contributed by atoms with Gasteiger partial charge in [0.15, 0.2) is 0 Å². The summed E-state index contributed by atoms with van der Waals surface area (Å²) < 4.78 is 1.89. The predicted octanol–water partition coefficient (Wildman–Crippen LogP) is 2.16. The molecule has 2 fully saturated rings. The standard InChI is InChI=1S/C29H39N7O/c1-22-9-11-24(12-10-22)29(3)20-31-14-16-35(29)28-19-30-13-15-34(28)21-32-27(37)18-25-17-23(2)36(33-25)26-7-5-4-6-8-26/h4-12,17,28,30-31H,13-16,18-21H2,1-3H3,(H,32,37). The second kappa shape index (κ2) is 11.1. The maximum Gasteiger partial charge on any atom is 0.227 e. The van der Waals surface area contributed by atoms with Gasteiger partial charge in [0.25, 0.3) is 0 Å². The molecule has 8 nitrogen and oxygen atoms in total. The number of para-hydroxylation sites is 1. The number of benzene rings is 2. The summed E-state index contributed by atoms with van der Waals surface area (Å²) in [5.41, 5.74) is 5.28. The normalized spacial score (nSPS) is 23.2. The second-order valence-corrected chi connectivity index (χ2v) is 10.5. The summed E-state index contributed by atoms with van der Waals surface area (Å²) in [4.78, 5) is 18.0. The molecule has 0 aliphatic carbocycles. The summed E-state index contributed by atoms with van der Waals surface area (Å²) in [5, 5.41) is 15.1. The van der Waals surface area contributed by atoms with Crippen molar-refractivity contribution in [1.82, 2.24) is 35.5 Å². The molecule has 2 unspecified atom stereocenters. The summed E-state index contributed by atoms with van der Waals surface area (Å²) in [6.07, 6.45) is 0.466. The Bertz CT molecular complexity index is 1190. The Kier molecular flexibility index (Phi) is 7.71. The van der Waals surface area contributed by atoms with Crippen molar-refractivity contribution in [3.05, 3.63) is 83.2 Å². The molecule has 37 heavy (non-hydrogen) atoms. The molecule has 2 aromatic carbocycles. The molecule has 2 aliphatic rings. The van der Waals surface area contributed by atoms with E-state index in [4.69, 9.17) is 0 Å². The molecule has 5 rings (SSSR count). The quantitative estimate of drug-likeness (QED) is 0.461. The molecule has 0 radical (unpaired) electrons. The van der Waals surface area contributed by atoms with Gasteiger partial charge in [-0.05, 0) is 44.5 Å². The highest BCUT2D eigenvalue weighted by Gasteiger charge is 2.42. The van der Waals surface area contributed by atoms with Crippen molar-refractivity contribution in [1.29, 1.82) is 0 Å². The molecule has 1 amide bonds. The number of amides is 1. The van der Waals surface area contributed by atoms with Crippen molar-refractivity contribution in [2.24, 2.45) is 0 Å². The number of nitrogens with one attached hydrogen (secondary N) is 3. The van der Waals surface area contributed by atoms with Gasteiger partial charge in [-0.2, -0.15) is 5.10 Å². The van der Waals surface area contributed by atoms with Gasteiger partial charge >= 0.3 is 0 Å². The van der Waals surface area contributed by atoms with Crippen LogP contribution >= 0.6 is 0 Å². The minimum atomic E-state index is -0.125. The van der Waals surface area contributed by atoms with Crippen LogP contribution in [0.2, 0.25) is 0 Å². The monoisotopic (exact) mass is 501 g/mol. The second-order valence-electron chi connectivity index (χ2n) is 10.5. The highest BCUT2D eigenvalue weighted by Crippen LogP contribution is 2.32. The molecule has 2 aliphatic heterocycles. The van der Waals surface area contributed by atoms with Crippen LogP contribution in [0, 0.1) is 13.8 Å². The highest BCUT2D eigenvalue weighted by molar-refractivity contribution is 5.78. The van der Waals surface area contributed by atoms with E-state index < -0.39 is 0 Å². The Hall–Kier alpha value is -3.04. The van der Waals surface area contributed by atoms with Crippen molar-refractivity contribution < 1.29 is 4.79 Å². The summed E-state index contributed by atoms with van der Waals surface area (Å²) in [5.74, 6) is -0.00315. The first-order valence-corrected chi connectivity index (χ1v) is 13.3. The van der Waals surface area contributed by atoms with E-state index in [-0.39, 0.29) is 24.0 Å². The van der Waals surface area contributed by atoms with E-state index in [1.165, 1.54) is 11.1 Å². The lowest BCUT2D eigenvalue weighted by Crippen LogP contribution is -2.69. The van der Waals surface area contributed by atoms with E-state index in [0.717, 1.165) is 56.3 Å². The summed E-state index contributed by atoms with van der Waals surface area (Å²) in [6.45, 7) is 12.5. The molecular weight excluding hydrogens is 462 g/mol. The molecule has 0 saturated carbocycles. The fourth-order valence-electron chi connectivity index (χ4n) is 5.63. The van der Waals surface area contributed by atoms with Crippen molar-refractivity contribution in [3.8, 4) is 5.69 Å². The number of carbonyl (C=O) groups is 1. The fraction of sp³-hybridized carbons (Fsp3) is 0.448. The minimum Gasteiger partial charge on any atom is -0.343 e. The number of aromatic nitrogens is 2. The Labute approximate surface area is 220 Å². The summed E-state index contributed by atoms with van der Waals surface area (Å²) in [6, 6.07) is 20.9. The molecular formula is C29H39N7O. The van der Waals surface area contributed by atoms with Crippen LogP contribution in [0.1, 0.15) is 29.4 Å². The van der Waals surface area contributed by atoms with Gasteiger partial charge in [-0.3, -0.25) is 14.6 Å². The number of hydrogen-bond acceptors (Lipinski definition) is 6. The molecule has 196 valence electrons. The van der Waals surface area contributed by atoms with E-state index in [0.29, 0.717) is 6.67 Å². The van der Waals surface area contributed by atoms with Crippen LogP contribution in [-0.4, -0.2) is 77.6 Å². The SMILES string of the molecule is Cc1ccc(C2(C)CNCCN2C2CNCCN2CNC(=O)Cc2cc(C)n(-c3ccccc3)n2)cc1. The van der Waals surface area contributed by atoms with Gasteiger partial charge in [0.05, 0.1) is 36.2 Å². The van der Waals surface area contributed by atoms with Crippen LogP contribution in [0.15, 0.2) is 60.7 Å². The van der Waals surface area contributed by atoms with E-state index in [9.17, 15) is 4.79 Å². The Morgan fingerprint density at radius 1 is 1.05 bits per heavy atom. The molecule has 1 aromatic heterocycles. The van der Waals surface area contributed by atoms with Gasteiger partial charge in [-0.15, -0.1) is 0 Å². The van der Waals surface area contributed by atoms with E-state index in [2.05, 4.69) is 69.0 Å². The average Bonchev–Trinajstić information content (AvgIpc) is 3.28. The zero-order chi connectivity index (χ0) is 25.8. The van der Waals surface area contributed by atoms with E-state index in [1.807, 2.05) is 48.0 Å². The molecule has 2 saturated heterocycles. The molecule has 0 spiro atoms. The number of hydrogen-bond donors (Lipinski definition) is 3. The minimum absolute atomic E-state index is 0.00315. The van der Waals surface area contributed by atoms with Gasteiger partial charge in [-0.1, -0.05) is 48.0 Å².